The van der Waals surface area contributed by atoms with Crippen LogP contribution in [-0.2, 0) is 9.59 Å². The molecule has 0 aliphatic heterocycles. The maximum absolute atomic E-state index is 11.1. The number of thioether (sulfide) groups is 1. The predicted molar refractivity (Wildman–Crippen MR) is 54.8 cm³/mol. The molecule has 0 fully saturated rings. The van der Waals surface area contributed by atoms with Crippen molar-refractivity contribution >= 4 is 23.6 Å². The highest BCUT2D eigenvalue weighted by Gasteiger charge is 2.11. The number of carbonyl (C=O) groups is 2. The Morgan fingerprint density at radius 3 is 2.57 bits per heavy atom. The van der Waals surface area contributed by atoms with Crippen molar-refractivity contribution in [2.24, 2.45) is 0 Å². The van der Waals surface area contributed by atoms with Crippen LogP contribution in [0.15, 0.2) is 0 Å². The first-order chi connectivity index (χ1) is 6.61. The number of carboxylic acids is 1. The number of rotatable bonds is 7. The maximum Gasteiger partial charge on any atom is 0.220 e. The van der Waals surface area contributed by atoms with E-state index in [4.69, 9.17) is 0 Å². The first-order valence-electron chi connectivity index (χ1n) is 4.61. The summed E-state index contributed by atoms with van der Waals surface area (Å²) in [5.74, 6) is -0.725. The SMILES string of the molecule is CCCC(=O)NC(CCSC)C(=O)[O-]. The van der Waals surface area contributed by atoms with Gasteiger partial charge in [-0.25, -0.2) is 0 Å². The highest BCUT2D eigenvalue weighted by molar-refractivity contribution is 7.98. The van der Waals surface area contributed by atoms with Crippen LogP contribution in [0.3, 0.4) is 0 Å². The molecule has 0 saturated carbocycles. The van der Waals surface area contributed by atoms with E-state index in [9.17, 15) is 14.7 Å². The zero-order valence-electron chi connectivity index (χ0n) is 8.54. The summed E-state index contributed by atoms with van der Waals surface area (Å²) in [6.07, 6.45) is 3.39. The zero-order valence-corrected chi connectivity index (χ0v) is 9.36. The lowest BCUT2D eigenvalue weighted by Gasteiger charge is -2.18. The minimum atomic E-state index is -1.21. The highest BCUT2D eigenvalue weighted by Crippen LogP contribution is 2.00. The molecule has 0 aliphatic carbocycles. The number of hydrogen-bond donors (Lipinski definition) is 1. The third-order valence-corrected chi connectivity index (χ3v) is 2.35. The summed E-state index contributed by atoms with van der Waals surface area (Å²) in [6.45, 7) is 1.87. The van der Waals surface area contributed by atoms with Crippen LogP contribution in [0.4, 0.5) is 0 Å². The Hall–Kier alpha value is -0.710. The fraction of sp³-hybridized carbons (Fsp3) is 0.778. The second kappa shape index (κ2) is 7.67. The lowest BCUT2D eigenvalue weighted by molar-refractivity contribution is -0.308. The molecule has 0 spiro atoms. The molecule has 0 radical (unpaired) electrons. The van der Waals surface area contributed by atoms with Crippen LogP contribution in [0.25, 0.3) is 0 Å². The topological polar surface area (TPSA) is 69.2 Å². The first kappa shape index (κ1) is 13.3. The van der Waals surface area contributed by atoms with Crippen LogP contribution >= 0.6 is 11.8 Å². The molecule has 0 aliphatic rings. The third-order valence-electron chi connectivity index (χ3n) is 1.71. The Morgan fingerprint density at radius 1 is 1.50 bits per heavy atom. The first-order valence-corrected chi connectivity index (χ1v) is 6.00. The van der Waals surface area contributed by atoms with E-state index in [1.165, 1.54) is 0 Å². The van der Waals surface area contributed by atoms with Gasteiger partial charge in [-0.15, -0.1) is 0 Å². The summed E-state index contributed by atoms with van der Waals surface area (Å²) in [4.78, 5) is 21.7. The summed E-state index contributed by atoms with van der Waals surface area (Å²) >= 11 is 1.55. The monoisotopic (exact) mass is 218 g/mol. The highest BCUT2D eigenvalue weighted by atomic mass is 32.2. The molecular weight excluding hydrogens is 202 g/mol. The summed E-state index contributed by atoms with van der Waals surface area (Å²) in [7, 11) is 0. The molecule has 14 heavy (non-hydrogen) atoms. The van der Waals surface area contributed by atoms with Gasteiger partial charge in [0.05, 0.1) is 12.0 Å². The van der Waals surface area contributed by atoms with Crippen molar-refractivity contribution in [1.29, 1.82) is 0 Å². The molecule has 0 saturated heterocycles. The molecule has 1 N–H and O–H groups in total. The van der Waals surface area contributed by atoms with Gasteiger partial charge in [-0.05, 0) is 24.9 Å². The molecule has 4 nitrogen and oxygen atoms in total. The van der Waals surface area contributed by atoms with Gasteiger partial charge in [-0.3, -0.25) is 4.79 Å². The van der Waals surface area contributed by atoms with Gasteiger partial charge in [0.25, 0.3) is 0 Å². The summed E-state index contributed by atoms with van der Waals surface area (Å²) in [5, 5.41) is 13.0. The Balaban J connectivity index is 3.95. The van der Waals surface area contributed by atoms with Crippen molar-refractivity contribution in [3.63, 3.8) is 0 Å². The molecule has 0 aromatic rings. The van der Waals surface area contributed by atoms with Crippen LogP contribution in [0.5, 0.6) is 0 Å². The van der Waals surface area contributed by atoms with Gasteiger partial charge < -0.3 is 15.2 Å². The zero-order chi connectivity index (χ0) is 11.0. The van der Waals surface area contributed by atoms with E-state index in [1.807, 2.05) is 13.2 Å². The Labute approximate surface area is 88.4 Å². The van der Waals surface area contributed by atoms with E-state index >= 15 is 0 Å². The molecule has 5 heteroatoms. The largest absolute Gasteiger partial charge is 0.548 e. The van der Waals surface area contributed by atoms with Crippen molar-refractivity contribution in [1.82, 2.24) is 5.32 Å². The van der Waals surface area contributed by atoms with Crippen LogP contribution < -0.4 is 10.4 Å². The molecule has 1 amide bonds. The third kappa shape index (κ3) is 5.85. The minimum absolute atomic E-state index is 0.220. The molecule has 82 valence electrons. The Morgan fingerprint density at radius 2 is 2.14 bits per heavy atom. The van der Waals surface area contributed by atoms with E-state index in [2.05, 4.69) is 5.32 Å². The van der Waals surface area contributed by atoms with Crippen molar-refractivity contribution in [2.45, 2.75) is 32.2 Å². The van der Waals surface area contributed by atoms with Gasteiger partial charge >= 0.3 is 0 Å². The van der Waals surface area contributed by atoms with Crippen LogP contribution in [0.2, 0.25) is 0 Å². The van der Waals surface area contributed by atoms with Crippen LogP contribution in [-0.4, -0.2) is 29.9 Å². The van der Waals surface area contributed by atoms with Crippen molar-refractivity contribution < 1.29 is 14.7 Å². The second-order valence-electron chi connectivity index (χ2n) is 2.97. The lowest BCUT2D eigenvalue weighted by atomic mass is 10.2. The van der Waals surface area contributed by atoms with E-state index < -0.39 is 12.0 Å². The fourth-order valence-electron chi connectivity index (χ4n) is 0.978. The number of carbonyl (C=O) groups excluding carboxylic acids is 2. The number of nitrogens with one attached hydrogen (secondary N) is 1. The molecular formula is C9H16NO3S-. The number of amides is 1. The van der Waals surface area contributed by atoms with Crippen LogP contribution in [0, 0.1) is 0 Å². The minimum Gasteiger partial charge on any atom is -0.548 e. The van der Waals surface area contributed by atoms with Crippen molar-refractivity contribution in [3.05, 3.63) is 0 Å². The number of hydrogen-bond acceptors (Lipinski definition) is 4. The fourth-order valence-corrected chi connectivity index (χ4v) is 1.45. The van der Waals surface area contributed by atoms with Gasteiger partial charge in [-0.1, -0.05) is 6.92 Å². The maximum atomic E-state index is 11.1. The molecule has 1 atom stereocenters. The molecule has 0 heterocycles. The van der Waals surface area contributed by atoms with E-state index in [0.29, 0.717) is 25.0 Å². The molecule has 0 rings (SSSR count). The smallest absolute Gasteiger partial charge is 0.220 e. The molecule has 1 unspecified atom stereocenters. The normalized spacial score (nSPS) is 12.1. The Kier molecular flexibility index (Phi) is 7.28. The van der Waals surface area contributed by atoms with Gasteiger partial charge in [0.1, 0.15) is 0 Å². The van der Waals surface area contributed by atoms with Crippen molar-refractivity contribution in [2.75, 3.05) is 12.0 Å². The summed E-state index contributed by atoms with van der Waals surface area (Å²) < 4.78 is 0. The average molecular weight is 218 g/mol. The molecule has 0 bridgehead atoms. The predicted octanol–water partition coefficient (Wildman–Crippen LogP) is -0.226. The summed E-state index contributed by atoms with van der Waals surface area (Å²) in [5.41, 5.74) is 0. The van der Waals surface area contributed by atoms with Gasteiger partial charge in [0.15, 0.2) is 0 Å². The molecule has 0 aromatic heterocycles. The quantitative estimate of drug-likeness (QED) is 0.641. The number of aliphatic carboxylic acids is 1. The van der Waals surface area contributed by atoms with Gasteiger partial charge in [0, 0.05) is 6.42 Å². The number of carboxylic acid groups (broad SMARTS) is 1. The Bertz CT molecular complexity index is 196. The summed E-state index contributed by atoms with van der Waals surface area (Å²) in [6, 6.07) is -0.846. The van der Waals surface area contributed by atoms with Crippen molar-refractivity contribution in [3.8, 4) is 0 Å². The van der Waals surface area contributed by atoms with E-state index in [0.717, 1.165) is 0 Å². The van der Waals surface area contributed by atoms with E-state index in [1.54, 1.807) is 11.8 Å². The lowest BCUT2D eigenvalue weighted by Crippen LogP contribution is -2.48. The molecule has 0 aromatic carbocycles. The van der Waals surface area contributed by atoms with Crippen LogP contribution in [0.1, 0.15) is 26.2 Å². The second-order valence-corrected chi connectivity index (χ2v) is 3.96. The van der Waals surface area contributed by atoms with Gasteiger partial charge in [-0.2, -0.15) is 11.8 Å². The standard InChI is InChI=1S/C9H17NO3S/c1-3-4-8(11)10-7(9(12)13)5-6-14-2/h7H,3-6H2,1-2H3,(H,10,11)(H,12,13)/p-1. The average Bonchev–Trinajstić information content (AvgIpc) is 2.12. The van der Waals surface area contributed by atoms with E-state index in [-0.39, 0.29) is 5.91 Å². The van der Waals surface area contributed by atoms with Gasteiger partial charge in [0.2, 0.25) is 5.91 Å².